The topological polar surface area (TPSA) is 57.6 Å². The van der Waals surface area contributed by atoms with Crippen LogP contribution in [-0.4, -0.2) is 34.5 Å². The third-order valence-electron chi connectivity index (χ3n) is 5.85. The van der Waals surface area contributed by atoms with E-state index in [0.29, 0.717) is 19.4 Å². The number of carboxylic acid groups (broad SMARTS) is 1. The summed E-state index contributed by atoms with van der Waals surface area (Å²) in [5.41, 5.74) is 0. The monoisotopic (exact) mass is 381 g/mol. The molecule has 4 nitrogen and oxygen atoms in total. The highest BCUT2D eigenvalue weighted by atomic mass is 16.4. The van der Waals surface area contributed by atoms with E-state index in [0.717, 1.165) is 19.3 Å². The third kappa shape index (κ3) is 11.4. The minimum Gasteiger partial charge on any atom is -0.480 e. The Bertz CT molecular complexity index is 397. The van der Waals surface area contributed by atoms with Gasteiger partial charge in [-0.1, -0.05) is 96.8 Å². The van der Waals surface area contributed by atoms with Crippen LogP contribution in [0.1, 0.15) is 122 Å². The number of nitrogens with zero attached hydrogens (tertiary/aromatic N) is 1. The first kappa shape index (κ1) is 24.0. The minimum absolute atomic E-state index is 0.0367. The van der Waals surface area contributed by atoms with Crippen molar-refractivity contribution in [2.75, 3.05) is 6.54 Å². The van der Waals surface area contributed by atoms with Crippen molar-refractivity contribution in [3.63, 3.8) is 0 Å². The van der Waals surface area contributed by atoms with Gasteiger partial charge in [0.15, 0.2) is 0 Å². The van der Waals surface area contributed by atoms with Gasteiger partial charge in [-0.2, -0.15) is 0 Å². The molecular weight excluding hydrogens is 338 g/mol. The molecule has 1 fully saturated rings. The lowest BCUT2D eigenvalue weighted by Crippen LogP contribution is -2.40. The van der Waals surface area contributed by atoms with E-state index in [2.05, 4.69) is 6.92 Å². The van der Waals surface area contributed by atoms with Crippen LogP contribution in [0.2, 0.25) is 0 Å². The van der Waals surface area contributed by atoms with Crippen LogP contribution in [0.5, 0.6) is 0 Å². The zero-order valence-corrected chi connectivity index (χ0v) is 17.7. The van der Waals surface area contributed by atoms with E-state index in [-0.39, 0.29) is 5.91 Å². The molecule has 0 aromatic carbocycles. The molecule has 0 aromatic heterocycles. The van der Waals surface area contributed by atoms with Gasteiger partial charge < -0.3 is 10.0 Å². The van der Waals surface area contributed by atoms with E-state index in [4.69, 9.17) is 5.11 Å². The van der Waals surface area contributed by atoms with E-state index in [1.807, 2.05) is 0 Å². The van der Waals surface area contributed by atoms with Crippen LogP contribution in [0.15, 0.2) is 0 Å². The fraction of sp³-hybridized carbons (Fsp3) is 0.913. The molecule has 1 amide bonds. The molecule has 0 saturated carbocycles. The number of aliphatic carboxylic acids is 1. The Hall–Kier alpha value is -1.06. The highest BCUT2D eigenvalue weighted by Crippen LogP contribution is 2.20. The van der Waals surface area contributed by atoms with E-state index in [1.54, 1.807) is 4.90 Å². The SMILES string of the molecule is CCCCCCCCCCCCCCCCCC(=O)N1CCC[C@H]1C(=O)O. The van der Waals surface area contributed by atoms with Gasteiger partial charge in [0.1, 0.15) is 6.04 Å². The molecule has 158 valence electrons. The first-order chi connectivity index (χ1) is 13.2. The molecule has 4 heteroatoms. The number of amides is 1. The molecule has 1 atom stereocenters. The van der Waals surface area contributed by atoms with Crippen LogP contribution in [0.4, 0.5) is 0 Å². The van der Waals surface area contributed by atoms with Gasteiger partial charge in [0.05, 0.1) is 0 Å². The Balaban J connectivity index is 1.84. The molecule has 1 aliphatic heterocycles. The maximum Gasteiger partial charge on any atom is 0.326 e. The fourth-order valence-electron chi connectivity index (χ4n) is 4.11. The lowest BCUT2D eigenvalue weighted by molar-refractivity contribution is -0.148. The van der Waals surface area contributed by atoms with Crippen molar-refractivity contribution in [2.45, 2.75) is 129 Å². The van der Waals surface area contributed by atoms with Crippen LogP contribution in [0.3, 0.4) is 0 Å². The maximum absolute atomic E-state index is 12.2. The fourth-order valence-corrected chi connectivity index (χ4v) is 4.11. The molecule has 1 aliphatic rings. The van der Waals surface area contributed by atoms with E-state index >= 15 is 0 Å². The van der Waals surface area contributed by atoms with Gasteiger partial charge in [-0.15, -0.1) is 0 Å². The summed E-state index contributed by atoms with van der Waals surface area (Å²) in [7, 11) is 0. The van der Waals surface area contributed by atoms with Crippen LogP contribution in [-0.2, 0) is 9.59 Å². The van der Waals surface area contributed by atoms with Crippen molar-refractivity contribution in [1.82, 2.24) is 4.90 Å². The molecule has 1 N–H and O–H groups in total. The van der Waals surface area contributed by atoms with E-state index in [9.17, 15) is 9.59 Å². The largest absolute Gasteiger partial charge is 0.480 e. The molecule has 0 unspecified atom stereocenters. The molecule has 0 spiro atoms. The highest BCUT2D eigenvalue weighted by Gasteiger charge is 2.33. The zero-order chi connectivity index (χ0) is 19.7. The standard InChI is InChI=1S/C23H43NO3/c1-2-3-4-5-6-7-8-9-10-11-12-13-14-15-16-19-22(25)24-20-17-18-21(24)23(26)27/h21H,2-20H2,1H3,(H,26,27)/t21-/m0/s1. The second-order valence-electron chi connectivity index (χ2n) is 8.28. The molecule has 0 aliphatic carbocycles. The third-order valence-corrected chi connectivity index (χ3v) is 5.85. The summed E-state index contributed by atoms with van der Waals surface area (Å²) in [5, 5.41) is 9.14. The van der Waals surface area contributed by atoms with Crippen molar-refractivity contribution in [3.05, 3.63) is 0 Å². The van der Waals surface area contributed by atoms with Crippen LogP contribution in [0.25, 0.3) is 0 Å². The zero-order valence-electron chi connectivity index (χ0n) is 17.7. The Morgan fingerprint density at radius 2 is 1.22 bits per heavy atom. The van der Waals surface area contributed by atoms with Crippen molar-refractivity contribution in [3.8, 4) is 0 Å². The Kier molecular flexibility index (Phi) is 14.2. The summed E-state index contributed by atoms with van der Waals surface area (Å²) in [4.78, 5) is 24.9. The number of unbranched alkanes of at least 4 members (excludes halogenated alkanes) is 14. The van der Waals surface area contributed by atoms with Crippen molar-refractivity contribution < 1.29 is 14.7 Å². The summed E-state index contributed by atoms with van der Waals surface area (Å²) in [6, 6.07) is -0.575. The van der Waals surface area contributed by atoms with Gasteiger partial charge in [0.25, 0.3) is 0 Å². The highest BCUT2D eigenvalue weighted by molar-refractivity contribution is 5.84. The molecule has 0 bridgehead atoms. The average molecular weight is 382 g/mol. The molecule has 1 saturated heterocycles. The van der Waals surface area contributed by atoms with Crippen LogP contribution < -0.4 is 0 Å². The number of rotatable bonds is 17. The lowest BCUT2D eigenvalue weighted by Gasteiger charge is -2.21. The summed E-state index contributed by atoms with van der Waals surface area (Å²) in [5.74, 6) is -0.813. The van der Waals surface area contributed by atoms with Gasteiger partial charge in [-0.05, 0) is 19.3 Å². The van der Waals surface area contributed by atoms with Crippen molar-refractivity contribution in [2.24, 2.45) is 0 Å². The lowest BCUT2D eigenvalue weighted by atomic mass is 10.0. The Morgan fingerprint density at radius 1 is 0.778 bits per heavy atom. The van der Waals surface area contributed by atoms with Gasteiger partial charge in [0.2, 0.25) is 5.91 Å². The number of hydrogen-bond acceptors (Lipinski definition) is 2. The molecule has 0 aromatic rings. The summed E-state index contributed by atoms with van der Waals surface area (Å²) in [6.07, 6.45) is 21.7. The van der Waals surface area contributed by atoms with Gasteiger partial charge in [-0.3, -0.25) is 4.79 Å². The first-order valence-corrected chi connectivity index (χ1v) is 11.7. The smallest absolute Gasteiger partial charge is 0.326 e. The quantitative estimate of drug-likeness (QED) is 0.300. The van der Waals surface area contributed by atoms with E-state index < -0.39 is 12.0 Å². The number of carboxylic acids is 1. The summed E-state index contributed by atoms with van der Waals surface area (Å²) in [6.45, 7) is 2.89. The van der Waals surface area contributed by atoms with E-state index in [1.165, 1.54) is 83.5 Å². The molecule has 1 heterocycles. The summed E-state index contributed by atoms with van der Waals surface area (Å²) >= 11 is 0. The Labute approximate surface area is 167 Å². The molecular formula is C23H43NO3. The number of carbonyl (C=O) groups is 2. The number of carbonyl (C=O) groups excluding carboxylic acids is 1. The molecule has 0 radical (unpaired) electrons. The first-order valence-electron chi connectivity index (χ1n) is 11.7. The average Bonchev–Trinajstić information content (AvgIpc) is 3.15. The normalized spacial score (nSPS) is 16.8. The summed E-state index contributed by atoms with van der Waals surface area (Å²) < 4.78 is 0. The van der Waals surface area contributed by atoms with Crippen LogP contribution >= 0.6 is 0 Å². The van der Waals surface area contributed by atoms with Crippen molar-refractivity contribution in [1.29, 1.82) is 0 Å². The predicted octanol–water partition coefficient (Wildman–Crippen LogP) is 6.32. The minimum atomic E-state index is -0.850. The van der Waals surface area contributed by atoms with Crippen LogP contribution in [0, 0.1) is 0 Å². The number of likely N-dealkylation sites (tertiary alicyclic amines) is 1. The Morgan fingerprint density at radius 3 is 1.67 bits per heavy atom. The van der Waals surface area contributed by atoms with Gasteiger partial charge in [-0.25, -0.2) is 4.79 Å². The van der Waals surface area contributed by atoms with Crippen molar-refractivity contribution >= 4 is 11.9 Å². The maximum atomic E-state index is 12.2. The van der Waals surface area contributed by atoms with Gasteiger partial charge in [0, 0.05) is 13.0 Å². The second-order valence-corrected chi connectivity index (χ2v) is 8.28. The second kappa shape index (κ2) is 15.9. The molecule has 1 rings (SSSR count). The number of hydrogen-bond donors (Lipinski definition) is 1. The molecule has 27 heavy (non-hydrogen) atoms. The predicted molar refractivity (Wildman–Crippen MR) is 112 cm³/mol. The van der Waals surface area contributed by atoms with Gasteiger partial charge >= 0.3 is 5.97 Å².